The number of hydrogen-bond acceptors (Lipinski definition) is 3. The first-order valence-electron chi connectivity index (χ1n) is 6.09. The van der Waals surface area contributed by atoms with E-state index in [0.717, 1.165) is 11.1 Å². The molecule has 0 saturated heterocycles. The average molecular weight is 283 g/mol. The minimum Gasteiger partial charge on any atom is -0.480 e. The van der Waals surface area contributed by atoms with Gasteiger partial charge in [-0.15, -0.1) is 11.8 Å². The highest BCUT2D eigenvalue weighted by Gasteiger charge is 2.19. The van der Waals surface area contributed by atoms with E-state index >= 15 is 0 Å². The lowest BCUT2D eigenvalue weighted by atomic mass is 10.1. The van der Waals surface area contributed by atoms with E-state index in [0.29, 0.717) is 11.3 Å². The van der Waals surface area contributed by atoms with E-state index in [1.165, 1.54) is 11.8 Å². The first kappa shape index (κ1) is 14.2. The van der Waals surface area contributed by atoms with Gasteiger partial charge >= 0.3 is 5.97 Å². The number of nitrogens with zero attached hydrogens (tertiary/aromatic N) is 1. The zero-order valence-electron chi connectivity index (χ0n) is 10.7. The lowest BCUT2D eigenvalue weighted by molar-refractivity contribution is -0.136. The number of carboxylic acid groups (broad SMARTS) is 1. The summed E-state index contributed by atoms with van der Waals surface area (Å²) in [4.78, 5) is 11.4. The van der Waals surface area contributed by atoms with Gasteiger partial charge < -0.3 is 5.11 Å². The van der Waals surface area contributed by atoms with Crippen molar-refractivity contribution in [3.05, 3.63) is 71.3 Å². The summed E-state index contributed by atoms with van der Waals surface area (Å²) in [5, 5.41) is 17.6. The molecule has 0 fully saturated rings. The van der Waals surface area contributed by atoms with Crippen molar-refractivity contribution in [3.63, 3.8) is 0 Å². The van der Waals surface area contributed by atoms with Crippen LogP contribution in [0.1, 0.15) is 21.9 Å². The summed E-state index contributed by atoms with van der Waals surface area (Å²) >= 11 is 1.35. The molecule has 1 N–H and O–H groups in total. The Morgan fingerprint density at radius 3 is 2.60 bits per heavy atom. The molecule has 100 valence electrons. The predicted molar refractivity (Wildman–Crippen MR) is 79.3 cm³/mol. The number of nitriles is 1. The molecule has 0 spiro atoms. The fraction of sp³-hybridized carbons (Fsp3) is 0.125. The average Bonchev–Trinajstić information content (AvgIpc) is 2.48. The minimum absolute atomic E-state index is 0.557. The number of benzene rings is 2. The molecule has 0 aliphatic rings. The van der Waals surface area contributed by atoms with Crippen molar-refractivity contribution in [2.24, 2.45) is 0 Å². The Morgan fingerprint density at radius 2 is 1.95 bits per heavy atom. The van der Waals surface area contributed by atoms with Gasteiger partial charge in [-0.25, -0.2) is 0 Å². The fourth-order valence-electron chi connectivity index (χ4n) is 1.85. The fourth-order valence-corrected chi connectivity index (χ4v) is 2.88. The van der Waals surface area contributed by atoms with Gasteiger partial charge in [-0.1, -0.05) is 42.5 Å². The lowest BCUT2D eigenvalue weighted by Gasteiger charge is -2.12. The molecule has 0 radical (unpaired) electrons. The Morgan fingerprint density at radius 1 is 1.20 bits per heavy atom. The first-order valence-corrected chi connectivity index (χ1v) is 7.14. The van der Waals surface area contributed by atoms with Crippen LogP contribution in [0.4, 0.5) is 0 Å². The maximum absolute atomic E-state index is 11.4. The predicted octanol–water partition coefficient (Wildman–Crippen LogP) is 3.62. The molecule has 0 aliphatic carbocycles. The van der Waals surface area contributed by atoms with E-state index in [1.807, 2.05) is 42.5 Å². The summed E-state index contributed by atoms with van der Waals surface area (Å²) in [6.07, 6.45) is 0. The van der Waals surface area contributed by atoms with Crippen LogP contribution in [-0.2, 0) is 10.5 Å². The second kappa shape index (κ2) is 6.78. The van der Waals surface area contributed by atoms with E-state index in [1.54, 1.807) is 12.1 Å². The quantitative estimate of drug-likeness (QED) is 0.910. The second-order valence-corrected chi connectivity index (χ2v) is 5.35. The van der Waals surface area contributed by atoms with Crippen molar-refractivity contribution in [1.82, 2.24) is 0 Å². The monoisotopic (exact) mass is 283 g/mol. The third-order valence-corrected chi connectivity index (χ3v) is 4.11. The van der Waals surface area contributed by atoms with Gasteiger partial charge in [0.15, 0.2) is 0 Å². The van der Waals surface area contributed by atoms with E-state index in [-0.39, 0.29) is 0 Å². The molecule has 2 aromatic rings. The summed E-state index contributed by atoms with van der Waals surface area (Å²) in [5.74, 6) is -0.292. The molecule has 0 aromatic heterocycles. The number of thioether (sulfide) groups is 1. The van der Waals surface area contributed by atoms with Crippen LogP contribution in [0.3, 0.4) is 0 Å². The smallest absolute Gasteiger partial charge is 0.321 e. The van der Waals surface area contributed by atoms with Gasteiger partial charge in [-0.2, -0.15) is 5.26 Å². The van der Waals surface area contributed by atoms with Crippen LogP contribution in [0.25, 0.3) is 0 Å². The van der Waals surface area contributed by atoms with Gasteiger partial charge in [-0.3, -0.25) is 4.79 Å². The Kier molecular flexibility index (Phi) is 4.80. The van der Waals surface area contributed by atoms with Crippen LogP contribution in [-0.4, -0.2) is 11.1 Å². The van der Waals surface area contributed by atoms with Crippen molar-refractivity contribution in [3.8, 4) is 6.07 Å². The SMILES string of the molecule is N#Cc1cccc(CSC(C(=O)O)c2ccccc2)c1. The number of carboxylic acids is 1. The normalized spacial score (nSPS) is 11.6. The highest BCUT2D eigenvalue weighted by atomic mass is 32.2. The molecule has 1 atom stereocenters. The molecule has 0 bridgehead atoms. The van der Waals surface area contributed by atoms with Crippen molar-refractivity contribution >= 4 is 17.7 Å². The highest BCUT2D eigenvalue weighted by Crippen LogP contribution is 2.31. The van der Waals surface area contributed by atoms with Crippen molar-refractivity contribution in [2.45, 2.75) is 11.0 Å². The first-order chi connectivity index (χ1) is 9.70. The molecule has 4 heteroatoms. The molecular weight excluding hydrogens is 270 g/mol. The van der Waals surface area contributed by atoms with Crippen molar-refractivity contribution in [1.29, 1.82) is 5.26 Å². The zero-order chi connectivity index (χ0) is 14.4. The molecule has 2 rings (SSSR count). The Labute approximate surface area is 121 Å². The van der Waals surface area contributed by atoms with Gasteiger partial charge in [0.05, 0.1) is 11.6 Å². The van der Waals surface area contributed by atoms with Crippen molar-refractivity contribution in [2.75, 3.05) is 0 Å². The Bertz CT molecular complexity index is 634. The molecule has 3 nitrogen and oxygen atoms in total. The van der Waals surface area contributed by atoms with Gasteiger partial charge in [0.25, 0.3) is 0 Å². The summed E-state index contributed by atoms with van der Waals surface area (Å²) < 4.78 is 0. The highest BCUT2D eigenvalue weighted by molar-refractivity contribution is 7.99. The molecule has 1 unspecified atom stereocenters. The van der Waals surface area contributed by atoms with E-state index in [9.17, 15) is 9.90 Å². The second-order valence-electron chi connectivity index (χ2n) is 4.25. The van der Waals surface area contributed by atoms with Crippen LogP contribution in [0.2, 0.25) is 0 Å². The van der Waals surface area contributed by atoms with Crippen LogP contribution in [0, 0.1) is 11.3 Å². The van der Waals surface area contributed by atoms with Gasteiger partial charge in [0.1, 0.15) is 5.25 Å². The standard InChI is InChI=1S/C16H13NO2S/c17-10-12-5-4-6-13(9-12)11-20-15(16(18)19)14-7-2-1-3-8-14/h1-9,15H,11H2,(H,18,19). The minimum atomic E-state index is -0.849. The Balaban J connectivity index is 2.10. The maximum Gasteiger partial charge on any atom is 0.321 e. The molecule has 0 amide bonds. The summed E-state index contributed by atoms with van der Waals surface area (Å²) in [5.41, 5.74) is 2.33. The van der Waals surface area contributed by atoms with Crippen LogP contribution in [0.15, 0.2) is 54.6 Å². The maximum atomic E-state index is 11.4. The summed E-state index contributed by atoms with van der Waals surface area (Å²) in [6.45, 7) is 0. The van der Waals surface area contributed by atoms with Gasteiger partial charge in [0, 0.05) is 5.75 Å². The van der Waals surface area contributed by atoms with E-state index in [4.69, 9.17) is 5.26 Å². The molecule has 0 aliphatic heterocycles. The van der Waals surface area contributed by atoms with Crippen LogP contribution in [0.5, 0.6) is 0 Å². The number of rotatable bonds is 5. The lowest BCUT2D eigenvalue weighted by Crippen LogP contribution is -2.08. The molecule has 0 heterocycles. The van der Waals surface area contributed by atoms with Crippen LogP contribution >= 0.6 is 11.8 Å². The third-order valence-electron chi connectivity index (χ3n) is 2.80. The number of aliphatic carboxylic acids is 1. The molecule has 2 aromatic carbocycles. The molecule has 0 saturated carbocycles. The van der Waals surface area contributed by atoms with Gasteiger partial charge in [-0.05, 0) is 23.3 Å². The third kappa shape index (κ3) is 3.62. The number of hydrogen-bond donors (Lipinski definition) is 1. The largest absolute Gasteiger partial charge is 0.480 e. The summed E-state index contributed by atoms with van der Waals surface area (Å²) in [6, 6.07) is 18.5. The zero-order valence-corrected chi connectivity index (χ0v) is 11.5. The number of carbonyl (C=O) groups is 1. The van der Waals surface area contributed by atoms with Crippen LogP contribution < -0.4 is 0 Å². The summed E-state index contributed by atoms with van der Waals surface area (Å²) in [7, 11) is 0. The molecular formula is C16H13NO2S. The van der Waals surface area contributed by atoms with E-state index < -0.39 is 11.2 Å². The Hall–Kier alpha value is -2.25. The van der Waals surface area contributed by atoms with E-state index in [2.05, 4.69) is 6.07 Å². The molecule has 20 heavy (non-hydrogen) atoms. The van der Waals surface area contributed by atoms with Crippen molar-refractivity contribution < 1.29 is 9.90 Å². The van der Waals surface area contributed by atoms with Gasteiger partial charge in [0.2, 0.25) is 0 Å². The topological polar surface area (TPSA) is 61.1 Å².